The Kier molecular flexibility index (Phi) is 5.56. The standard InChI is InChI=1S/C16H25N3O2S/c1-4-5-6-13-18-11(3)14(22-13)16(21)19-9-12(15(17)20)8-7-10(19)2/h10,12H,4-9H2,1-3H3,(H2,17,20)/t10-,12+/m0/s1. The zero-order valence-corrected chi connectivity index (χ0v) is 14.4. The lowest BCUT2D eigenvalue weighted by Gasteiger charge is -2.36. The third kappa shape index (κ3) is 3.66. The Morgan fingerprint density at radius 1 is 1.41 bits per heavy atom. The maximum absolute atomic E-state index is 12.8. The topological polar surface area (TPSA) is 76.3 Å². The molecule has 22 heavy (non-hydrogen) atoms. The molecular weight excluding hydrogens is 298 g/mol. The molecular formula is C16H25N3O2S. The van der Waals surface area contributed by atoms with Gasteiger partial charge in [-0.15, -0.1) is 11.3 Å². The summed E-state index contributed by atoms with van der Waals surface area (Å²) in [6, 6.07) is 0.142. The van der Waals surface area contributed by atoms with Gasteiger partial charge < -0.3 is 10.6 Å². The number of carbonyl (C=O) groups is 2. The maximum atomic E-state index is 12.8. The second-order valence-corrected chi connectivity index (χ2v) is 7.19. The maximum Gasteiger partial charge on any atom is 0.266 e. The summed E-state index contributed by atoms with van der Waals surface area (Å²) in [4.78, 5) is 31.3. The number of unbranched alkanes of at least 4 members (excludes halogenated alkanes) is 1. The highest BCUT2D eigenvalue weighted by molar-refractivity contribution is 7.13. The van der Waals surface area contributed by atoms with Crippen LogP contribution in [0.2, 0.25) is 0 Å². The zero-order chi connectivity index (χ0) is 16.3. The first-order valence-electron chi connectivity index (χ1n) is 8.00. The van der Waals surface area contributed by atoms with Crippen molar-refractivity contribution >= 4 is 23.2 Å². The first-order valence-corrected chi connectivity index (χ1v) is 8.82. The molecule has 5 nitrogen and oxygen atoms in total. The summed E-state index contributed by atoms with van der Waals surface area (Å²) in [5.74, 6) is -0.543. The van der Waals surface area contributed by atoms with Crippen LogP contribution < -0.4 is 5.73 Å². The van der Waals surface area contributed by atoms with E-state index >= 15 is 0 Å². The predicted molar refractivity (Wildman–Crippen MR) is 87.9 cm³/mol. The summed E-state index contributed by atoms with van der Waals surface area (Å²) < 4.78 is 0. The summed E-state index contributed by atoms with van der Waals surface area (Å²) in [5.41, 5.74) is 6.22. The minimum absolute atomic E-state index is 0.00352. The van der Waals surface area contributed by atoms with Crippen molar-refractivity contribution in [3.8, 4) is 0 Å². The van der Waals surface area contributed by atoms with Gasteiger partial charge in [-0.1, -0.05) is 13.3 Å². The summed E-state index contributed by atoms with van der Waals surface area (Å²) in [5, 5.41) is 1.03. The van der Waals surface area contributed by atoms with E-state index in [1.54, 1.807) is 4.90 Å². The molecule has 0 aromatic carbocycles. The van der Waals surface area contributed by atoms with Crippen molar-refractivity contribution in [2.75, 3.05) is 6.54 Å². The normalized spacial score (nSPS) is 21.9. The summed E-state index contributed by atoms with van der Waals surface area (Å²) in [7, 11) is 0. The van der Waals surface area contributed by atoms with Crippen LogP contribution in [0, 0.1) is 12.8 Å². The smallest absolute Gasteiger partial charge is 0.266 e. The van der Waals surface area contributed by atoms with Crippen LogP contribution in [-0.2, 0) is 11.2 Å². The molecule has 0 aliphatic carbocycles. The number of rotatable bonds is 5. The Labute approximate surface area is 135 Å². The number of piperidine rings is 1. The summed E-state index contributed by atoms with van der Waals surface area (Å²) >= 11 is 1.49. The molecule has 1 aromatic heterocycles. The van der Waals surface area contributed by atoms with Crippen molar-refractivity contribution in [3.63, 3.8) is 0 Å². The molecule has 1 fully saturated rings. The van der Waals surface area contributed by atoms with Gasteiger partial charge in [0, 0.05) is 12.6 Å². The van der Waals surface area contributed by atoms with E-state index in [-0.39, 0.29) is 23.8 Å². The second kappa shape index (κ2) is 7.22. The molecule has 0 unspecified atom stereocenters. The van der Waals surface area contributed by atoms with Gasteiger partial charge in [0.05, 0.1) is 16.6 Å². The monoisotopic (exact) mass is 323 g/mol. The minimum Gasteiger partial charge on any atom is -0.369 e. The van der Waals surface area contributed by atoms with Crippen LogP contribution in [0.15, 0.2) is 0 Å². The number of primary amides is 1. The first-order chi connectivity index (χ1) is 10.4. The number of hydrogen-bond donors (Lipinski definition) is 1. The SMILES string of the molecule is CCCCc1nc(C)c(C(=O)N2C[C@H](C(N)=O)CC[C@@H]2C)s1. The third-order valence-corrected chi connectivity index (χ3v) is 5.53. The number of thiazole rings is 1. The first kappa shape index (κ1) is 16.9. The molecule has 1 saturated heterocycles. The Hall–Kier alpha value is -1.43. The van der Waals surface area contributed by atoms with Crippen LogP contribution in [0.3, 0.4) is 0 Å². The minimum atomic E-state index is -0.311. The predicted octanol–water partition coefficient (Wildman–Crippen LogP) is 2.52. The molecule has 2 amide bonds. The van der Waals surface area contributed by atoms with Crippen LogP contribution >= 0.6 is 11.3 Å². The molecule has 1 aliphatic rings. The van der Waals surface area contributed by atoms with Crippen molar-refractivity contribution in [1.29, 1.82) is 0 Å². The van der Waals surface area contributed by atoms with Gasteiger partial charge in [-0.2, -0.15) is 0 Å². The molecule has 2 atom stereocenters. The molecule has 2 rings (SSSR count). The zero-order valence-electron chi connectivity index (χ0n) is 13.6. The molecule has 0 spiro atoms. The van der Waals surface area contributed by atoms with E-state index in [2.05, 4.69) is 11.9 Å². The van der Waals surface area contributed by atoms with E-state index in [0.29, 0.717) is 11.4 Å². The molecule has 0 bridgehead atoms. The van der Waals surface area contributed by atoms with Gasteiger partial charge in [0.25, 0.3) is 5.91 Å². The number of nitrogens with two attached hydrogens (primary N) is 1. The fourth-order valence-corrected chi connectivity index (χ4v) is 3.90. The van der Waals surface area contributed by atoms with E-state index in [4.69, 9.17) is 5.73 Å². The van der Waals surface area contributed by atoms with Crippen LogP contribution in [-0.4, -0.2) is 34.3 Å². The molecule has 0 radical (unpaired) electrons. The number of aryl methyl sites for hydroxylation is 2. The highest BCUT2D eigenvalue weighted by Crippen LogP contribution is 2.27. The lowest BCUT2D eigenvalue weighted by atomic mass is 9.93. The molecule has 6 heteroatoms. The van der Waals surface area contributed by atoms with Gasteiger partial charge in [0.15, 0.2) is 0 Å². The van der Waals surface area contributed by atoms with E-state index in [1.165, 1.54) is 11.3 Å². The van der Waals surface area contributed by atoms with Gasteiger partial charge in [0.2, 0.25) is 5.91 Å². The number of amides is 2. The fourth-order valence-electron chi connectivity index (χ4n) is 2.84. The largest absolute Gasteiger partial charge is 0.369 e. The number of carbonyl (C=O) groups excluding carboxylic acids is 2. The van der Waals surface area contributed by atoms with Gasteiger partial charge in [-0.05, 0) is 39.5 Å². The molecule has 0 saturated carbocycles. The van der Waals surface area contributed by atoms with Gasteiger partial charge in [-0.25, -0.2) is 4.98 Å². The molecule has 122 valence electrons. The van der Waals surface area contributed by atoms with Crippen molar-refractivity contribution in [3.05, 3.63) is 15.6 Å². The average Bonchev–Trinajstić information content (AvgIpc) is 2.85. The quantitative estimate of drug-likeness (QED) is 0.904. The summed E-state index contributed by atoms with van der Waals surface area (Å²) in [6.07, 6.45) is 4.72. The Morgan fingerprint density at radius 3 is 2.77 bits per heavy atom. The van der Waals surface area contributed by atoms with Crippen LogP contribution in [0.4, 0.5) is 0 Å². The average molecular weight is 323 g/mol. The number of aromatic nitrogens is 1. The van der Waals surface area contributed by atoms with Crippen LogP contribution in [0.1, 0.15) is 59.9 Å². The number of hydrogen-bond acceptors (Lipinski definition) is 4. The van der Waals surface area contributed by atoms with E-state index in [9.17, 15) is 9.59 Å². The van der Waals surface area contributed by atoms with Crippen molar-refractivity contribution in [2.45, 2.75) is 58.9 Å². The van der Waals surface area contributed by atoms with Crippen molar-refractivity contribution in [2.24, 2.45) is 11.7 Å². The van der Waals surface area contributed by atoms with E-state index in [1.807, 2.05) is 13.8 Å². The Morgan fingerprint density at radius 2 is 2.14 bits per heavy atom. The Balaban J connectivity index is 2.15. The second-order valence-electron chi connectivity index (χ2n) is 6.11. The molecule has 1 aliphatic heterocycles. The molecule has 2 heterocycles. The Bertz CT molecular complexity index is 556. The number of likely N-dealkylation sites (tertiary alicyclic amines) is 1. The lowest BCUT2D eigenvalue weighted by molar-refractivity contribution is -0.123. The van der Waals surface area contributed by atoms with E-state index in [0.717, 1.165) is 42.8 Å². The van der Waals surface area contributed by atoms with Crippen molar-refractivity contribution < 1.29 is 9.59 Å². The van der Waals surface area contributed by atoms with Crippen LogP contribution in [0.5, 0.6) is 0 Å². The van der Waals surface area contributed by atoms with Gasteiger partial charge >= 0.3 is 0 Å². The highest BCUT2D eigenvalue weighted by Gasteiger charge is 2.33. The van der Waals surface area contributed by atoms with Gasteiger partial charge in [0.1, 0.15) is 4.88 Å². The molecule has 2 N–H and O–H groups in total. The van der Waals surface area contributed by atoms with Crippen molar-refractivity contribution in [1.82, 2.24) is 9.88 Å². The van der Waals surface area contributed by atoms with Gasteiger partial charge in [-0.3, -0.25) is 9.59 Å². The highest BCUT2D eigenvalue weighted by atomic mass is 32.1. The molecule has 1 aromatic rings. The summed E-state index contributed by atoms with van der Waals surface area (Å²) in [6.45, 7) is 6.49. The van der Waals surface area contributed by atoms with E-state index < -0.39 is 0 Å². The fraction of sp³-hybridized carbons (Fsp3) is 0.688. The third-order valence-electron chi connectivity index (χ3n) is 4.32. The number of nitrogens with zero attached hydrogens (tertiary/aromatic N) is 2. The lowest BCUT2D eigenvalue weighted by Crippen LogP contribution is -2.48. The van der Waals surface area contributed by atoms with Crippen LogP contribution in [0.25, 0.3) is 0 Å².